The second-order valence-electron chi connectivity index (χ2n) is 7.31. The number of hydrogen-bond donors (Lipinski definition) is 0. The van der Waals surface area contributed by atoms with E-state index in [1.54, 1.807) is 0 Å². The van der Waals surface area contributed by atoms with E-state index >= 15 is 0 Å². The zero-order chi connectivity index (χ0) is 20.3. The fourth-order valence-electron chi connectivity index (χ4n) is 3.95. The maximum absolute atomic E-state index is 7.97. The Morgan fingerprint density at radius 2 is 2.04 bits per heavy atom. The van der Waals surface area contributed by atoms with Crippen LogP contribution >= 0.6 is 0 Å². The van der Waals surface area contributed by atoms with Crippen molar-refractivity contribution >= 4 is 11.5 Å². The lowest BCUT2D eigenvalue weighted by molar-refractivity contribution is 0.393. The molecule has 0 bridgehead atoms. The van der Waals surface area contributed by atoms with E-state index < -0.39 is 0 Å². The lowest BCUT2D eigenvalue weighted by Gasteiger charge is -2.30. The lowest BCUT2D eigenvalue weighted by Crippen LogP contribution is -2.32. The van der Waals surface area contributed by atoms with E-state index in [1.165, 1.54) is 10.1 Å². The van der Waals surface area contributed by atoms with Crippen molar-refractivity contribution in [3.63, 3.8) is 0 Å². The summed E-state index contributed by atoms with van der Waals surface area (Å²) in [6, 6.07) is 2.18. The quantitative estimate of drug-likeness (QED) is 0.532. The van der Waals surface area contributed by atoms with E-state index in [-0.39, 0.29) is 6.30 Å². The molecule has 0 amide bonds. The van der Waals surface area contributed by atoms with Crippen LogP contribution in [0.3, 0.4) is 0 Å². The smallest absolute Gasteiger partial charge is 0.180 e. The van der Waals surface area contributed by atoms with Crippen LogP contribution < -0.4 is 4.90 Å². The van der Waals surface area contributed by atoms with Gasteiger partial charge in [0.1, 0.15) is 13.4 Å². The first-order chi connectivity index (χ1) is 13.9. The molecule has 8 heteroatoms. The van der Waals surface area contributed by atoms with Gasteiger partial charge < -0.3 is 9.42 Å². The van der Waals surface area contributed by atoms with Crippen molar-refractivity contribution in [1.82, 2.24) is 30.0 Å². The molecule has 5 rings (SSSR count). The topological polar surface area (TPSA) is 85.2 Å². The zero-order valence-corrected chi connectivity index (χ0v) is 16.3. The van der Waals surface area contributed by atoms with E-state index in [4.69, 9.17) is 10.9 Å². The summed E-state index contributed by atoms with van der Waals surface area (Å²) >= 11 is 0. The van der Waals surface area contributed by atoms with Gasteiger partial charge in [-0.3, -0.25) is 4.98 Å². The van der Waals surface area contributed by atoms with Gasteiger partial charge in [0, 0.05) is 53.7 Å². The Balaban J connectivity index is 1.56. The van der Waals surface area contributed by atoms with E-state index in [2.05, 4.69) is 31.4 Å². The van der Waals surface area contributed by atoms with Crippen molar-refractivity contribution in [1.29, 1.82) is 0 Å². The molecule has 8 nitrogen and oxygen atoms in total. The third-order valence-electron chi connectivity index (χ3n) is 5.57. The highest BCUT2D eigenvalue weighted by Gasteiger charge is 2.23. The first-order valence-corrected chi connectivity index (χ1v) is 9.29. The Hall–Kier alpha value is -3.29. The number of rotatable bonds is 2. The molecule has 0 atom stereocenters. The van der Waals surface area contributed by atoms with Gasteiger partial charge in [0.15, 0.2) is 11.5 Å². The van der Waals surface area contributed by atoms with Gasteiger partial charge in [0.2, 0.25) is 0 Å². The summed E-state index contributed by atoms with van der Waals surface area (Å²) in [4.78, 5) is 6.95. The molecule has 0 aliphatic carbocycles. The fourth-order valence-corrected chi connectivity index (χ4v) is 3.95. The largest absolute Gasteiger partial charge is 0.361 e. The molecule has 4 aromatic heterocycles. The monoisotopic (exact) mass is 376 g/mol. The lowest BCUT2D eigenvalue weighted by atomic mass is 9.99. The van der Waals surface area contributed by atoms with Gasteiger partial charge in [-0.15, -0.1) is 15.3 Å². The van der Waals surface area contributed by atoms with Crippen LogP contribution in [0.4, 0.5) is 5.82 Å². The molecule has 28 heavy (non-hydrogen) atoms. The summed E-state index contributed by atoms with van der Waals surface area (Å²) in [6.45, 7) is 9.43. The minimum absolute atomic E-state index is 0.0455. The molecular weight excluding hydrogens is 354 g/mol. The van der Waals surface area contributed by atoms with E-state index in [9.17, 15) is 0 Å². The van der Waals surface area contributed by atoms with Gasteiger partial charge in [-0.1, -0.05) is 5.16 Å². The first-order valence-electron chi connectivity index (χ1n) is 9.79. The molecule has 0 N–H and O–H groups in total. The molecule has 0 fully saturated rings. The highest BCUT2D eigenvalue weighted by molar-refractivity contribution is 5.68. The SMILES string of the molecule is [2H]c1nnc2c(C)c(C)c(N3CCc4ncc(-c5c(C)noc5C)cc4C3)nn12. The zero-order valence-electron chi connectivity index (χ0n) is 17.3. The van der Waals surface area contributed by atoms with Gasteiger partial charge in [-0.2, -0.15) is 4.52 Å². The number of hydrogen-bond acceptors (Lipinski definition) is 7. The van der Waals surface area contributed by atoms with Crippen molar-refractivity contribution < 1.29 is 5.89 Å². The predicted octanol–water partition coefficient (Wildman–Crippen LogP) is 2.97. The van der Waals surface area contributed by atoms with Gasteiger partial charge in [-0.05, 0) is 39.3 Å². The number of fused-ring (bicyclic) bond motifs is 2. The third-order valence-corrected chi connectivity index (χ3v) is 5.57. The van der Waals surface area contributed by atoms with Crippen molar-refractivity contribution in [2.75, 3.05) is 11.4 Å². The number of anilines is 1. The third kappa shape index (κ3) is 2.48. The molecule has 1 aliphatic heterocycles. The average Bonchev–Trinajstić information content (AvgIpc) is 3.25. The molecule has 0 radical (unpaired) electrons. The summed E-state index contributed by atoms with van der Waals surface area (Å²) in [5.41, 5.74) is 7.86. The molecule has 4 aromatic rings. The maximum Gasteiger partial charge on any atom is 0.180 e. The van der Waals surface area contributed by atoms with E-state index in [1.807, 2.05) is 33.9 Å². The summed E-state index contributed by atoms with van der Waals surface area (Å²) in [6.07, 6.45) is 2.79. The van der Waals surface area contributed by atoms with Gasteiger partial charge in [0.25, 0.3) is 0 Å². The van der Waals surface area contributed by atoms with Crippen molar-refractivity contribution in [2.45, 2.75) is 40.7 Å². The van der Waals surface area contributed by atoms with Crippen molar-refractivity contribution in [2.24, 2.45) is 0 Å². The van der Waals surface area contributed by atoms with Crippen LogP contribution in [0.5, 0.6) is 0 Å². The molecule has 0 spiro atoms. The average molecular weight is 376 g/mol. The molecule has 0 aromatic carbocycles. The first kappa shape index (κ1) is 15.7. The van der Waals surface area contributed by atoms with Crippen LogP contribution in [0, 0.1) is 27.7 Å². The summed E-state index contributed by atoms with van der Waals surface area (Å²) in [5.74, 6) is 1.66. The molecule has 1 aliphatic rings. The van der Waals surface area contributed by atoms with Crippen LogP contribution in [-0.4, -0.2) is 36.5 Å². The Morgan fingerprint density at radius 3 is 2.82 bits per heavy atom. The summed E-state index contributed by atoms with van der Waals surface area (Å²) in [7, 11) is 0. The normalized spacial score (nSPS) is 14.4. The highest BCUT2D eigenvalue weighted by Crippen LogP contribution is 2.31. The standard InChI is InChI=1S/C20H21N7O/c1-11-12(2)20(24-27-10-22-23-19(11)27)26-6-5-17-16(9-26)7-15(8-21-17)18-13(3)25-28-14(18)4/h7-8,10H,5-6,9H2,1-4H3/i10D. The summed E-state index contributed by atoms with van der Waals surface area (Å²) < 4.78 is 14.8. The molecule has 5 heterocycles. The van der Waals surface area contributed by atoms with E-state index in [0.717, 1.165) is 58.2 Å². The number of aromatic nitrogens is 6. The molecule has 0 saturated heterocycles. The van der Waals surface area contributed by atoms with Gasteiger partial charge in [-0.25, -0.2) is 0 Å². The number of nitrogens with zero attached hydrogens (tertiary/aromatic N) is 7. The number of pyridine rings is 1. The second kappa shape index (κ2) is 6.12. The maximum atomic E-state index is 7.97. The van der Waals surface area contributed by atoms with Crippen molar-refractivity contribution in [3.8, 4) is 11.1 Å². The van der Waals surface area contributed by atoms with Crippen LogP contribution in [0.1, 0.15) is 35.2 Å². The molecule has 142 valence electrons. The number of aryl methyl sites for hydroxylation is 3. The van der Waals surface area contributed by atoms with E-state index in [0.29, 0.717) is 12.2 Å². The van der Waals surface area contributed by atoms with Crippen LogP contribution in [-0.2, 0) is 13.0 Å². The highest BCUT2D eigenvalue weighted by atomic mass is 16.5. The Bertz CT molecular complexity index is 1240. The van der Waals surface area contributed by atoms with Crippen LogP contribution in [0.25, 0.3) is 16.8 Å². The predicted molar refractivity (Wildman–Crippen MR) is 104 cm³/mol. The van der Waals surface area contributed by atoms with Crippen molar-refractivity contribution in [3.05, 3.63) is 52.4 Å². The van der Waals surface area contributed by atoms with Gasteiger partial charge >= 0.3 is 0 Å². The minimum Gasteiger partial charge on any atom is -0.361 e. The second-order valence-corrected chi connectivity index (χ2v) is 7.31. The fraction of sp³-hybridized carbons (Fsp3) is 0.350. The molecule has 0 unspecified atom stereocenters. The molecule has 0 saturated carbocycles. The minimum atomic E-state index is 0.0455. The van der Waals surface area contributed by atoms with Crippen LogP contribution in [0.2, 0.25) is 0 Å². The Labute approximate surface area is 163 Å². The van der Waals surface area contributed by atoms with Gasteiger partial charge in [0.05, 0.1) is 5.69 Å². The summed E-state index contributed by atoms with van der Waals surface area (Å²) in [5, 5.41) is 16.7. The van der Waals surface area contributed by atoms with Crippen LogP contribution in [0.15, 0.2) is 23.1 Å². The Morgan fingerprint density at radius 1 is 1.18 bits per heavy atom. The molecular formula is C20H21N7O. The Kier molecular flexibility index (Phi) is 3.44.